The molecule has 1 amide bonds. The standard InChI is InChI=1S/C22H28N2O3/c1-17-16-20(26-2)8-9-21(17)18-4-6-19(7-5-18)22(25)23-10-3-11-24-12-14-27-15-13-24/h4-9,16H,3,10-15H2,1-2H3,(H,23,25). The molecular weight excluding hydrogens is 340 g/mol. The normalized spacial score (nSPS) is 14.7. The number of morpholine rings is 1. The molecule has 1 aliphatic heterocycles. The van der Waals surface area contributed by atoms with Gasteiger partial charge in [0.2, 0.25) is 0 Å². The highest BCUT2D eigenvalue weighted by molar-refractivity contribution is 5.94. The van der Waals surface area contributed by atoms with Crippen LogP contribution in [-0.4, -0.2) is 57.3 Å². The minimum atomic E-state index is -0.0185. The number of amides is 1. The van der Waals surface area contributed by atoms with Gasteiger partial charge in [0.15, 0.2) is 0 Å². The van der Waals surface area contributed by atoms with E-state index in [2.05, 4.69) is 23.2 Å². The largest absolute Gasteiger partial charge is 0.497 e. The number of ether oxygens (including phenoxy) is 2. The zero-order chi connectivity index (χ0) is 19.1. The Hall–Kier alpha value is -2.37. The Bertz CT molecular complexity index is 753. The lowest BCUT2D eigenvalue weighted by Crippen LogP contribution is -2.38. The van der Waals surface area contributed by atoms with Crippen molar-refractivity contribution in [3.05, 3.63) is 53.6 Å². The van der Waals surface area contributed by atoms with E-state index in [0.29, 0.717) is 12.1 Å². The fourth-order valence-electron chi connectivity index (χ4n) is 3.32. The average molecular weight is 368 g/mol. The molecule has 0 aromatic heterocycles. The van der Waals surface area contributed by atoms with Gasteiger partial charge in [-0.25, -0.2) is 0 Å². The summed E-state index contributed by atoms with van der Waals surface area (Å²) in [5, 5.41) is 3.01. The quantitative estimate of drug-likeness (QED) is 0.763. The van der Waals surface area contributed by atoms with Gasteiger partial charge in [0.1, 0.15) is 5.75 Å². The van der Waals surface area contributed by atoms with E-state index in [1.165, 1.54) is 0 Å². The lowest BCUT2D eigenvalue weighted by molar-refractivity contribution is 0.0374. The molecule has 1 saturated heterocycles. The SMILES string of the molecule is COc1ccc(-c2ccc(C(=O)NCCCN3CCOCC3)cc2)c(C)c1. The van der Waals surface area contributed by atoms with Crippen LogP contribution in [0.25, 0.3) is 11.1 Å². The molecule has 27 heavy (non-hydrogen) atoms. The Kier molecular flexibility index (Phi) is 6.85. The van der Waals surface area contributed by atoms with Crippen LogP contribution in [-0.2, 0) is 4.74 Å². The van der Waals surface area contributed by atoms with Crippen molar-refractivity contribution in [3.8, 4) is 16.9 Å². The van der Waals surface area contributed by atoms with Crippen LogP contribution in [0.4, 0.5) is 0 Å². The number of methoxy groups -OCH3 is 1. The minimum absolute atomic E-state index is 0.0185. The second kappa shape index (κ2) is 9.53. The maximum Gasteiger partial charge on any atom is 0.251 e. The Balaban J connectivity index is 1.51. The summed E-state index contributed by atoms with van der Waals surface area (Å²) in [5.41, 5.74) is 4.08. The molecule has 2 aromatic rings. The third kappa shape index (κ3) is 5.31. The van der Waals surface area contributed by atoms with Gasteiger partial charge in [0, 0.05) is 25.2 Å². The van der Waals surface area contributed by atoms with E-state index in [9.17, 15) is 4.79 Å². The predicted molar refractivity (Wildman–Crippen MR) is 107 cm³/mol. The fraction of sp³-hybridized carbons (Fsp3) is 0.409. The molecule has 1 aliphatic rings. The second-order valence-electron chi connectivity index (χ2n) is 6.82. The molecule has 1 fully saturated rings. The van der Waals surface area contributed by atoms with Gasteiger partial charge < -0.3 is 14.8 Å². The summed E-state index contributed by atoms with van der Waals surface area (Å²) >= 11 is 0. The zero-order valence-corrected chi connectivity index (χ0v) is 16.2. The zero-order valence-electron chi connectivity index (χ0n) is 16.2. The van der Waals surface area contributed by atoms with Crippen LogP contribution < -0.4 is 10.1 Å². The molecule has 1 N–H and O–H groups in total. The Morgan fingerprint density at radius 1 is 1.15 bits per heavy atom. The first-order chi connectivity index (χ1) is 13.2. The second-order valence-corrected chi connectivity index (χ2v) is 6.82. The van der Waals surface area contributed by atoms with Gasteiger partial charge in [0.05, 0.1) is 20.3 Å². The summed E-state index contributed by atoms with van der Waals surface area (Å²) in [6.07, 6.45) is 0.953. The third-order valence-electron chi connectivity index (χ3n) is 4.93. The minimum Gasteiger partial charge on any atom is -0.497 e. The molecule has 3 rings (SSSR count). The molecule has 5 nitrogen and oxygen atoms in total. The highest BCUT2D eigenvalue weighted by Crippen LogP contribution is 2.27. The molecular formula is C22H28N2O3. The molecule has 0 unspecified atom stereocenters. The van der Waals surface area contributed by atoms with Crippen LogP contribution in [0.15, 0.2) is 42.5 Å². The molecule has 0 atom stereocenters. The van der Waals surface area contributed by atoms with Crippen LogP contribution in [0.3, 0.4) is 0 Å². The smallest absolute Gasteiger partial charge is 0.251 e. The number of hydrogen-bond acceptors (Lipinski definition) is 4. The molecule has 0 aliphatic carbocycles. The van der Waals surface area contributed by atoms with Crippen molar-refractivity contribution >= 4 is 5.91 Å². The summed E-state index contributed by atoms with van der Waals surface area (Å²) < 4.78 is 10.6. The first kappa shape index (κ1) is 19.4. The predicted octanol–water partition coefficient (Wildman–Crippen LogP) is 3.12. The van der Waals surface area contributed by atoms with Gasteiger partial charge in [-0.15, -0.1) is 0 Å². The summed E-state index contributed by atoms with van der Waals surface area (Å²) in [5.74, 6) is 0.833. The Morgan fingerprint density at radius 3 is 2.56 bits per heavy atom. The van der Waals surface area contributed by atoms with E-state index in [0.717, 1.165) is 61.7 Å². The van der Waals surface area contributed by atoms with Crippen molar-refractivity contribution < 1.29 is 14.3 Å². The molecule has 5 heteroatoms. The van der Waals surface area contributed by atoms with Crippen molar-refractivity contribution in [2.45, 2.75) is 13.3 Å². The molecule has 144 valence electrons. The summed E-state index contributed by atoms with van der Waals surface area (Å²) in [6, 6.07) is 13.8. The van der Waals surface area contributed by atoms with E-state index in [-0.39, 0.29) is 5.91 Å². The highest BCUT2D eigenvalue weighted by Gasteiger charge is 2.10. The summed E-state index contributed by atoms with van der Waals surface area (Å²) in [6.45, 7) is 7.35. The summed E-state index contributed by atoms with van der Waals surface area (Å²) in [7, 11) is 1.67. The van der Waals surface area contributed by atoms with Gasteiger partial charge in [-0.1, -0.05) is 18.2 Å². The average Bonchev–Trinajstić information content (AvgIpc) is 2.72. The maximum absolute atomic E-state index is 12.3. The highest BCUT2D eigenvalue weighted by atomic mass is 16.5. The molecule has 0 radical (unpaired) electrons. The van der Waals surface area contributed by atoms with Crippen LogP contribution >= 0.6 is 0 Å². The number of benzene rings is 2. The Labute approximate surface area is 161 Å². The first-order valence-corrected chi connectivity index (χ1v) is 9.51. The van der Waals surface area contributed by atoms with E-state index in [4.69, 9.17) is 9.47 Å². The first-order valence-electron chi connectivity index (χ1n) is 9.51. The van der Waals surface area contributed by atoms with Crippen LogP contribution in [0.5, 0.6) is 5.75 Å². The van der Waals surface area contributed by atoms with Gasteiger partial charge in [-0.3, -0.25) is 9.69 Å². The van der Waals surface area contributed by atoms with Gasteiger partial charge in [0.25, 0.3) is 5.91 Å². The number of nitrogens with zero attached hydrogens (tertiary/aromatic N) is 1. The summed E-state index contributed by atoms with van der Waals surface area (Å²) in [4.78, 5) is 14.7. The fourth-order valence-corrected chi connectivity index (χ4v) is 3.32. The van der Waals surface area contributed by atoms with Crippen molar-refractivity contribution in [1.29, 1.82) is 0 Å². The molecule has 0 bridgehead atoms. The third-order valence-corrected chi connectivity index (χ3v) is 4.93. The number of rotatable bonds is 7. The van der Waals surface area contributed by atoms with Gasteiger partial charge >= 0.3 is 0 Å². The van der Waals surface area contributed by atoms with Crippen LogP contribution in [0.2, 0.25) is 0 Å². The number of nitrogens with one attached hydrogen (secondary N) is 1. The number of carbonyl (C=O) groups excluding carboxylic acids is 1. The molecule has 1 heterocycles. The number of aryl methyl sites for hydroxylation is 1. The van der Waals surface area contributed by atoms with Crippen LogP contribution in [0.1, 0.15) is 22.3 Å². The monoisotopic (exact) mass is 368 g/mol. The molecule has 0 saturated carbocycles. The lowest BCUT2D eigenvalue weighted by atomic mass is 9.99. The maximum atomic E-state index is 12.3. The van der Waals surface area contributed by atoms with E-state index < -0.39 is 0 Å². The Morgan fingerprint density at radius 2 is 1.89 bits per heavy atom. The molecule has 0 spiro atoms. The van der Waals surface area contributed by atoms with Gasteiger partial charge in [-0.2, -0.15) is 0 Å². The van der Waals surface area contributed by atoms with Crippen molar-refractivity contribution in [3.63, 3.8) is 0 Å². The van der Waals surface area contributed by atoms with Crippen molar-refractivity contribution in [2.24, 2.45) is 0 Å². The van der Waals surface area contributed by atoms with Gasteiger partial charge in [-0.05, 0) is 60.8 Å². The van der Waals surface area contributed by atoms with E-state index >= 15 is 0 Å². The lowest BCUT2D eigenvalue weighted by Gasteiger charge is -2.26. The molecule has 2 aromatic carbocycles. The van der Waals surface area contributed by atoms with Crippen molar-refractivity contribution in [1.82, 2.24) is 10.2 Å². The van der Waals surface area contributed by atoms with Crippen molar-refractivity contribution in [2.75, 3.05) is 46.5 Å². The topological polar surface area (TPSA) is 50.8 Å². The van der Waals surface area contributed by atoms with Crippen LogP contribution in [0, 0.1) is 6.92 Å². The number of carbonyl (C=O) groups is 1. The number of hydrogen-bond donors (Lipinski definition) is 1. The van der Waals surface area contributed by atoms with E-state index in [1.54, 1.807) is 7.11 Å². The van der Waals surface area contributed by atoms with E-state index in [1.807, 2.05) is 36.4 Å².